The molecule has 1 heterocycles. The smallest absolute Gasteiger partial charge is 0.243 e. The van der Waals surface area contributed by atoms with Crippen LogP contribution in [-0.4, -0.2) is 51.1 Å². The highest BCUT2D eigenvalue weighted by Crippen LogP contribution is 2.21. The Labute approximate surface area is 194 Å². The monoisotopic (exact) mass is 530 g/mol. The van der Waals surface area contributed by atoms with Crippen molar-refractivity contribution < 1.29 is 9.53 Å². The number of rotatable bonds is 9. The van der Waals surface area contributed by atoms with Gasteiger partial charge in [0.05, 0.1) is 13.7 Å². The third-order valence-corrected chi connectivity index (χ3v) is 5.31. The highest BCUT2D eigenvalue weighted by molar-refractivity contribution is 14.0. The first-order valence-electron chi connectivity index (χ1n) is 9.38. The number of likely N-dealkylation sites (N-methyl/N-ethyl adjacent to an activating group) is 1. The molecule has 0 bridgehead atoms. The third kappa shape index (κ3) is 9.03. The molecule has 1 aromatic heterocycles. The van der Waals surface area contributed by atoms with Crippen molar-refractivity contribution in [2.75, 3.05) is 34.3 Å². The van der Waals surface area contributed by atoms with Crippen molar-refractivity contribution in [2.45, 2.75) is 25.8 Å². The molecule has 2 aromatic rings. The minimum atomic E-state index is -0.0242. The van der Waals surface area contributed by atoms with Gasteiger partial charge < -0.3 is 20.3 Å². The summed E-state index contributed by atoms with van der Waals surface area (Å²) >= 11 is 1.69. The third-order valence-electron chi connectivity index (χ3n) is 4.44. The van der Waals surface area contributed by atoms with Gasteiger partial charge in [0.1, 0.15) is 12.3 Å². The molecule has 0 fully saturated rings. The fourth-order valence-corrected chi connectivity index (χ4v) is 3.20. The van der Waals surface area contributed by atoms with Crippen LogP contribution in [0.2, 0.25) is 0 Å². The number of methoxy groups -OCH3 is 1. The van der Waals surface area contributed by atoms with E-state index in [2.05, 4.69) is 40.7 Å². The molecule has 29 heavy (non-hydrogen) atoms. The normalized spacial score (nSPS) is 11.9. The average Bonchev–Trinajstić information content (AvgIpc) is 3.22. The van der Waals surface area contributed by atoms with Gasteiger partial charge >= 0.3 is 0 Å². The molecule has 160 valence electrons. The van der Waals surface area contributed by atoms with E-state index in [-0.39, 0.29) is 36.4 Å². The largest absolute Gasteiger partial charge is 0.497 e. The maximum atomic E-state index is 11.9. The minimum absolute atomic E-state index is 0. The standard InChI is InChI=1S/C21H30N4O2S.HI/c1-16(17-7-9-18(27-4)10-8-17)11-12-22-21(24-15-20(26)25(2)3)23-14-19-6-5-13-28-19;/h5-10,13,16H,11-12,14-15H2,1-4H3,(H2,22,23,24);1H. The lowest BCUT2D eigenvalue weighted by atomic mass is 9.98. The van der Waals surface area contributed by atoms with Crippen molar-refractivity contribution in [1.29, 1.82) is 0 Å². The highest BCUT2D eigenvalue weighted by Gasteiger charge is 2.08. The summed E-state index contributed by atoms with van der Waals surface area (Å²) in [4.78, 5) is 19.1. The topological polar surface area (TPSA) is 66.0 Å². The average molecular weight is 530 g/mol. The molecule has 6 nitrogen and oxygen atoms in total. The van der Waals surface area contributed by atoms with Crippen molar-refractivity contribution in [3.63, 3.8) is 0 Å². The van der Waals surface area contributed by atoms with Crippen LogP contribution in [0.25, 0.3) is 0 Å². The number of thiophene rings is 1. The molecule has 1 unspecified atom stereocenters. The molecule has 1 aromatic carbocycles. The Morgan fingerprint density at radius 3 is 2.52 bits per heavy atom. The summed E-state index contributed by atoms with van der Waals surface area (Å²) in [6.07, 6.45) is 0.952. The molecule has 0 saturated carbocycles. The number of nitrogens with one attached hydrogen (secondary N) is 2. The van der Waals surface area contributed by atoms with Gasteiger partial charge in [0.2, 0.25) is 5.91 Å². The summed E-state index contributed by atoms with van der Waals surface area (Å²) in [6.45, 7) is 3.78. The molecule has 0 aliphatic carbocycles. The van der Waals surface area contributed by atoms with E-state index < -0.39 is 0 Å². The van der Waals surface area contributed by atoms with Crippen LogP contribution in [0.5, 0.6) is 5.75 Å². The van der Waals surface area contributed by atoms with Crippen LogP contribution in [0.1, 0.15) is 29.7 Å². The predicted molar refractivity (Wildman–Crippen MR) is 132 cm³/mol. The molecule has 2 rings (SSSR count). The highest BCUT2D eigenvalue weighted by atomic mass is 127. The summed E-state index contributed by atoms with van der Waals surface area (Å²) < 4.78 is 5.22. The molecular formula is C21H31IN4O2S. The molecule has 0 saturated heterocycles. The molecule has 2 N–H and O–H groups in total. The van der Waals surface area contributed by atoms with Crippen LogP contribution < -0.4 is 15.4 Å². The molecule has 1 amide bonds. The Kier molecular flexibility index (Phi) is 11.7. The summed E-state index contributed by atoms with van der Waals surface area (Å²) in [5, 5.41) is 8.70. The number of carbonyl (C=O) groups excluding carboxylic acids is 1. The van der Waals surface area contributed by atoms with Gasteiger partial charge in [-0.2, -0.15) is 0 Å². The van der Waals surface area contributed by atoms with Gasteiger partial charge in [0.25, 0.3) is 0 Å². The van der Waals surface area contributed by atoms with Crippen LogP contribution in [0, 0.1) is 0 Å². The lowest BCUT2D eigenvalue weighted by Crippen LogP contribution is -2.38. The molecule has 8 heteroatoms. The van der Waals surface area contributed by atoms with Crippen LogP contribution >= 0.6 is 35.3 Å². The number of benzene rings is 1. The van der Waals surface area contributed by atoms with Crippen LogP contribution in [0.4, 0.5) is 0 Å². The predicted octanol–water partition coefficient (Wildman–Crippen LogP) is 3.69. The first kappa shape index (κ1) is 25.2. The van der Waals surface area contributed by atoms with Crippen LogP contribution in [0.15, 0.2) is 46.8 Å². The van der Waals surface area contributed by atoms with Gasteiger partial charge in [-0.1, -0.05) is 25.1 Å². The molecule has 0 aliphatic heterocycles. The molecule has 1 atom stereocenters. The fourth-order valence-electron chi connectivity index (χ4n) is 2.55. The first-order valence-corrected chi connectivity index (χ1v) is 10.3. The van der Waals surface area contributed by atoms with Crippen LogP contribution in [-0.2, 0) is 11.3 Å². The Bertz CT molecular complexity index is 749. The van der Waals surface area contributed by atoms with E-state index in [1.807, 2.05) is 23.6 Å². The van der Waals surface area contributed by atoms with E-state index in [4.69, 9.17) is 4.74 Å². The van der Waals surface area contributed by atoms with E-state index in [0.29, 0.717) is 18.4 Å². The van der Waals surface area contributed by atoms with E-state index in [0.717, 1.165) is 18.7 Å². The number of amides is 1. The number of guanidine groups is 1. The van der Waals surface area contributed by atoms with Crippen molar-refractivity contribution in [3.8, 4) is 5.75 Å². The zero-order chi connectivity index (χ0) is 20.4. The second-order valence-corrected chi connectivity index (χ2v) is 7.81. The second-order valence-electron chi connectivity index (χ2n) is 6.78. The summed E-state index contributed by atoms with van der Waals surface area (Å²) in [6, 6.07) is 12.3. The van der Waals surface area contributed by atoms with Gasteiger partial charge in [0, 0.05) is 25.5 Å². The summed E-state index contributed by atoms with van der Waals surface area (Å²) in [5.74, 6) is 1.90. The minimum Gasteiger partial charge on any atom is -0.497 e. The fraction of sp³-hybridized carbons (Fsp3) is 0.429. The first-order chi connectivity index (χ1) is 13.5. The Morgan fingerprint density at radius 1 is 1.21 bits per heavy atom. The zero-order valence-electron chi connectivity index (χ0n) is 17.5. The van der Waals surface area contributed by atoms with Gasteiger partial charge in [-0.15, -0.1) is 35.3 Å². The van der Waals surface area contributed by atoms with E-state index >= 15 is 0 Å². The number of hydrogen-bond donors (Lipinski definition) is 2. The quantitative estimate of drug-likeness (QED) is 0.295. The SMILES string of the molecule is COc1ccc(C(C)CCNC(=NCC(=O)N(C)C)NCc2cccs2)cc1.I. The summed E-state index contributed by atoms with van der Waals surface area (Å²) in [7, 11) is 5.15. The van der Waals surface area contributed by atoms with Gasteiger partial charge in [0.15, 0.2) is 5.96 Å². The van der Waals surface area contributed by atoms with Crippen LogP contribution in [0.3, 0.4) is 0 Å². The number of hydrogen-bond acceptors (Lipinski definition) is 4. The van der Waals surface area contributed by atoms with E-state index in [1.165, 1.54) is 10.4 Å². The van der Waals surface area contributed by atoms with E-state index in [1.54, 1.807) is 37.4 Å². The van der Waals surface area contributed by atoms with E-state index in [9.17, 15) is 4.79 Å². The van der Waals surface area contributed by atoms with Crippen molar-refractivity contribution in [3.05, 3.63) is 52.2 Å². The van der Waals surface area contributed by atoms with Gasteiger partial charge in [-0.05, 0) is 41.5 Å². The Balaban J connectivity index is 0.00000420. The maximum Gasteiger partial charge on any atom is 0.243 e. The second kappa shape index (κ2) is 13.4. The number of nitrogens with zero attached hydrogens (tertiary/aromatic N) is 2. The Morgan fingerprint density at radius 2 is 1.93 bits per heavy atom. The molecule has 0 radical (unpaired) electrons. The van der Waals surface area contributed by atoms with Crippen molar-refractivity contribution in [1.82, 2.24) is 15.5 Å². The van der Waals surface area contributed by atoms with Gasteiger partial charge in [-0.25, -0.2) is 4.99 Å². The number of ether oxygens (including phenoxy) is 1. The van der Waals surface area contributed by atoms with Crippen molar-refractivity contribution in [2.24, 2.45) is 4.99 Å². The lowest BCUT2D eigenvalue weighted by molar-refractivity contribution is -0.127. The van der Waals surface area contributed by atoms with Gasteiger partial charge in [-0.3, -0.25) is 4.79 Å². The lowest BCUT2D eigenvalue weighted by Gasteiger charge is -2.16. The molecule has 0 spiro atoms. The number of carbonyl (C=O) groups is 1. The molecule has 0 aliphatic rings. The zero-order valence-corrected chi connectivity index (χ0v) is 20.6. The maximum absolute atomic E-state index is 11.9. The summed E-state index contributed by atoms with van der Waals surface area (Å²) in [5.41, 5.74) is 1.27. The van der Waals surface area contributed by atoms with Crippen molar-refractivity contribution >= 4 is 47.2 Å². The molecular weight excluding hydrogens is 499 g/mol. The number of halogens is 1. The Hall–Kier alpha value is -1.81. The number of aliphatic imine (C=N–C) groups is 1.